The normalized spacial score (nSPS) is 15.3. The van der Waals surface area contributed by atoms with Crippen molar-refractivity contribution in [2.45, 2.75) is 25.3 Å². The second kappa shape index (κ2) is 7.64. The summed E-state index contributed by atoms with van der Waals surface area (Å²) in [6.07, 6.45) is 1.73. The summed E-state index contributed by atoms with van der Waals surface area (Å²) in [5, 5.41) is 3.03. The predicted octanol–water partition coefficient (Wildman–Crippen LogP) is 3.20. The minimum absolute atomic E-state index is 0.0832. The highest BCUT2D eigenvalue weighted by molar-refractivity contribution is 5.79. The van der Waals surface area contributed by atoms with Gasteiger partial charge in [0.15, 0.2) is 11.5 Å². The van der Waals surface area contributed by atoms with Crippen LogP contribution in [0.5, 0.6) is 17.2 Å². The molecular formula is C20H22FNO4. The third-order valence-corrected chi connectivity index (χ3v) is 4.61. The number of aryl methyl sites for hydroxylation is 1. The first-order chi connectivity index (χ1) is 12.5. The summed E-state index contributed by atoms with van der Waals surface area (Å²) in [5.74, 6) is 1.16. The van der Waals surface area contributed by atoms with E-state index in [1.807, 2.05) is 0 Å². The maximum Gasteiger partial charge on any atom is 0.224 e. The van der Waals surface area contributed by atoms with Crippen molar-refractivity contribution >= 4 is 5.91 Å². The average molecular weight is 359 g/mol. The average Bonchev–Trinajstić information content (AvgIpc) is 3.02. The zero-order valence-corrected chi connectivity index (χ0v) is 15.1. The van der Waals surface area contributed by atoms with Crippen LogP contribution < -0.4 is 19.5 Å². The lowest BCUT2D eigenvalue weighted by Crippen LogP contribution is -2.28. The molecule has 1 atom stereocenters. The van der Waals surface area contributed by atoms with Crippen molar-refractivity contribution in [3.05, 3.63) is 52.8 Å². The van der Waals surface area contributed by atoms with E-state index in [1.165, 1.54) is 27.4 Å². The van der Waals surface area contributed by atoms with Crippen molar-refractivity contribution in [1.29, 1.82) is 0 Å². The van der Waals surface area contributed by atoms with Gasteiger partial charge >= 0.3 is 0 Å². The number of fused-ring (bicyclic) bond motifs is 1. The van der Waals surface area contributed by atoms with Gasteiger partial charge in [-0.15, -0.1) is 0 Å². The fourth-order valence-corrected chi connectivity index (χ4v) is 3.40. The Bertz CT molecular complexity index is 796. The maximum absolute atomic E-state index is 13.3. The van der Waals surface area contributed by atoms with E-state index in [2.05, 4.69) is 5.32 Å². The lowest BCUT2D eigenvalue weighted by atomic mass is 10.1. The van der Waals surface area contributed by atoms with E-state index in [0.717, 1.165) is 29.5 Å². The Morgan fingerprint density at radius 1 is 1.12 bits per heavy atom. The van der Waals surface area contributed by atoms with Crippen LogP contribution in [0.25, 0.3) is 0 Å². The molecule has 0 radical (unpaired) electrons. The maximum atomic E-state index is 13.3. The van der Waals surface area contributed by atoms with Crippen LogP contribution in [-0.4, -0.2) is 27.2 Å². The molecule has 2 aromatic rings. The number of halogens is 1. The molecule has 1 N–H and O–H groups in total. The molecule has 1 aliphatic carbocycles. The molecule has 0 saturated heterocycles. The van der Waals surface area contributed by atoms with E-state index in [4.69, 9.17) is 14.2 Å². The fraction of sp³-hybridized carbons (Fsp3) is 0.350. The Labute approximate surface area is 152 Å². The van der Waals surface area contributed by atoms with Crippen LogP contribution in [0, 0.1) is 5.82 Å². The minimum Gasteiger partial charge on any atom is -0.493 e. The summed E-state index contributed by atoms with van der Waals surface area (Å²) in [7, 11) is 4.61. The number of ether oxygens (including phenoxy) is 3. The molecule has 3 rings (SSSR count). The number of carbonyl (C=O) groups is 1. The van der Waals surface area contributed by atoms with E-state index in [1.54, 1.807) is 24.3 Å². The zero-order chi connectivity index (χ0) is 18.7. The molecule has 0 heterocycles. The number of methoxy groups -OCH3 is 3. The van der Waals surface area contributed by atoms with Crippen molar-refractivity contribution in [1.82, 2.24) is 5.32 Å². The summed E-state index contributed by atoms with van der Waals surface area (Å²) in [6, 6.07) is 8.17. The van der Waals surface area contributed by atoms with E-state index < -0.39 is 0 Å². The molecule has 1 aliphatic rings. The Hall–Kier alpha value is -2.76. The topological polar surface area (TPSA) is 56.8 Å². The summed E-state index contributed by atoms with van der Waals surface area (Å²) < 4.78 is 29.3. The van der Waals surface area contributed by atoms with Gasteiger partial charge in [0.25, 0.3) is 0 Å². The second-order valence-electron chi connectivity index (χ2n) is 6.21. The third kappa shape index (κ3) is 3.59. The first kappa shape index (κ1) is 18.0. The molecule has 6 heteroatoms. The van der Waals surface area contributed by atoms with Crippen LogP contribution in [0.1, 0.15) is 29.2 Å². The van der Waals surface area contributed by atoms with Gasteiger partial charge in [-0.05, 0) is 53.8 Å². The monoisotopic (exact) mass is 359 g/mol. The smallest absolute Gasteiger partial charge is 0.224 e. The number of hydrogen-bond acceptors (Lipinski definition) is 4. The standard InChI is InChI=1S/C20H22FNO4/c1-24-17-8-12(9-18(25-2)20(17)26-3)10-19(23)22-16-7-4-13-11-14(21)5-6-15(13)16/h5-6,8-9,11,16H,4,7,10H2,1-3H3,(H,22,23)/t16-/m1/s1. The Balaban J connectivity index is 1.73. The predicted molar refractivity (Wildman–Crippen MR) is 95.4 cm³/mol. The van der Waals surface area contributed by atoms with Crippen molar-refractivity contribution in [3.63, 3.8) is 0 Å². The summed E-state index contributed by atoms with van der Waals surface area (Å²) >= 11 is 0. The quantitative estimate of drug-likeness (QED) is 0.861. The minimum atomic E-state index is -0.242. The molecule has 0 bridgehead atoms. The van der Waals surface area contributed by atoms with E-state index in [-0.39, 0.29) is 24.2 Å². The van der Waals surface area contributed by atoms with Crippen molar-refractivity contribution in [2.75, 3.05) is 21.3 Å². The lowest BCUT2D eigenvalue weighted by Gasteiger charge is -2.16. The molecule has 0 saturated carbocycles. The van der Waals surface area contributed by atoms with Crippen molar-refractivity contribution in [2.24, 2.45) is 0 Å². The third-order valence-electron chi connectivity index (χ3n) is 4.61. The van der Waals surface area contributed by atoms with Crippen molar-refractivity contribution < 1.29 is 23.4 Å². The number of amides is 1. The molecule has 0 spiro atoms. The van der Waals surface area contributed by atoms with Crippen LogP contribution >= 0.6 is 0 Å². The second-order valence-corrected chi connectivity index (χ2v) is 6.21. The highest BCUT2D eigenvalue weighted by Crippen LogP contribution is 2.38. The van der Waals surface area contributed by atoms with E-state index in [9.17, 15) is 9.18 Å². The first-order valence-corrected chi connectivity index (χ1v) is 8.42. The van der Waals surface area contributed by atoms with Gasteiger partial charge in [-0.2, -0.15) is 0 Å². The largest absolute Gasteiger partial charge is 0.493 e. The fourth-order valence-electron chi connectivity index (χ4n) is 3.40. The number of nitrogens with one attached hydrogen (secondary N) is 1. The molecule has 5 nitrogen and oxygen atoms in total. The highest BCUT2D eigenvalue weighted by atomic mass is 19.1. The molecule has 1 amide bonds. The van der Waals surface area contributed by atoms with Gasteiger partial charge in [-0.1, -0.05) is 6.07 Å². The summed E-state index contributed by atoms with van der Waals surface area (Å²) in [4.78, 5) is 12.5. The van der Waals surface area contributed by atoms with Gasteiger partial charge in [0.2, 0.25) is 11.7 Å². The van der Waals surface area contributed by atoms with Crippen LogP contribution in [0.2, 0.25) is 0 Å². The number of rotatable bonds is 6. The zero-order valence-electron chi connectivity index (χ0n) is 15.1. The molecule has 0 aliphatic heterocycles. The molecular weight excluding hydrogens is 337 g/mol. The summed E-state index contributed by atoms with van der Waals surface area (Å²) in [6.45, 7) is 0. The lowest BCUT2D eigenvalue weighted by molar-refractivity contribution is -0.121. The molecule has 0 fully saturated rings. The molecule has 0 unspecified atom stereocenters. The Morgan fingerprint density at radius 2 is 1.81 bits per heavy atom. The molecule has 2 aromatic carbocycles. The molecule has 26 heavy (non-hydrogen) atoms. The van der Waals surface area contributed by atoms with Crippen LogP contribution in [-0.2, 0) is 17.6 Å². The van der Waals surface area contributed by atoms with Gasteiger partial charge in [0.1, 0.15) is 5.82 Å². The van der Waals surface area contributed by atoms with E-state index in [0.29, 0.717) is 17.2 Å². The van der Waals surface area contributed by atoms with Crippen molar-refractivity contribution in [3.8, 4) is 17.2 Å². The van der Waals surface area contributed by atoms with Crippen LogP contribution in [0.15, 0.2) is 30.3 Å². The molecule has 0 aromatic heterocycles. The van der Waals surface area contributed by atoms with E-state index >= 15 is 0 Å². The Morgan fingerprint density at radius 3 is 2.42 bits per heavy atom. The highest BCUT2D eigenvalue weighted by Gasteiger charge is 2.24. The van der Waals surface area contributed by atoms with Gasteiger partial charge in [-0.25, -0.2) is 4.39 Å². The number of carbonyl (C=O) groups excluding carboxylic acids is 1. The SMILES string of the molecule is COc1cc(CC(=O)N[C@@H]2CCc3cc(F)ccc32)cc(OC)c1OC. The van der Waals surface area contributed by atoms with Crippen LogP contribution in [0.4, 0.5) is 4.39 Å². The van der Waals surface area contributed by atoms with Gasteiger partial charge in [-0.3, -0.25) is 4.79 Å². The Kier molecular flexibility index (Phi) is 5.30. The number of hydrogen-bond donors (Lipinski definition) is 1. The first-order valence-electron chi connectivity index (χ1n) is 8.42. The van der Waals surface area contributed by atoms with Gasteiger partial charge < -0.3 is 19.5 Å². The van der Waals surface area contributed by atoms with Gasteiger partial charge in [0.05, 0.1) is 33.8 Å². The molecule has 138 valence electrons. The number of benzene rings is 2. The summed E-state index contributed by atoms with van der Waals surface area (Å²) in [5.41, 5.74) is 2.71. The van der Waals surface area contributed by atoms with Crippen LogP contribution in [0.3, 0.4) is 0 Å². The van der Waals surface area contributed by atoms with Gasteiger partial charge in [0, 0.05) is 0 Å².